The molecule has 0 aliphatic heterocycles. The Balaban J connectivity index is 2.06. The highest BCUT2D eigenvalue weighted by Gasteiger charge is 2.16. The number of amides is 2. The van der Waals surface area contributed by atoms with Gasteiger partial charge in [-0.25, -0.2) is 0 Å². The smallest absolute Gasteiger partial charge is 0.314 e. The van der Waals surface area contributed by atoms with Crippen molar-refractivity contribution in [2.75, 3.05) is 17.2 Å². The first-order chi connectivity index (χ1) is 10.5. The molecule has 0 atom stereocenters. The molecule has 2 rings (SSSR count). The molecule has 0 aliphatic carbocycles. The summed E-state index contributed by atoms with van der Waals surface area (Å²) in [5.74, 6) is -1.00. The average Bonchev–Trinajstić information content (AvgIpc) is 2.87. The molecule has 2 aromatic rings. The number of hydrogen-bond acceptors (Lipinski definition) is 4. The lowest BCUT2D eigenvalue weighted by molar-refractivity contribution is -0.133. The van der Waals surface area contributed by atoms with Crippen molar-refractivity contribution in [1.82, 2.24) is 9.78 Å². The molecule has 116 valence electrons. The molecule has 1 aromatic heterocycles. The molecule has 0 aliphatic rings. The van der Waals surface area contributed by atoms with E-state index in [1.807, 2.05) is 19.9 Å². The average molecular weight is 302 g/mol. The minimum atomic E-state index is -0.770. The van der Waals surface area contributed by atoms with Crippen LogP contribution in [0.3, 0.4) is 0 Å². The van der Waals surface area contributed by atoms with Gasteiger partial charge >= 0.3 is 11.8 Å². The van der Waals surface area contributed by atoms with Gasteiger partial charge in [0.25, 0.3) is 0 Å². The van der Waals surface area contributed by atoms with Crippen LogP contribution in [-0.2, 0) is 16.6 Å². The quantitative estimate of drug-likeness (QED) is 0.842. The van der Waals surface area contributed by atoms with Gasteiger partial charge in [-0.1, -0.05) is 6.07 Å². The maximum atomic E-state index is 12.0. The number of hydrogen-bond donors (Lipinski definition) is 2. The standard InChI is InChI=1S/C15H18N4O3/c1-4-22-13-7-10(2)5-6-12(13)18-15(21)14(20)17-11-8-16-19(3)9-11/h5-9H,4H2,1-3H3,(H,17,20)(H,18,21). The van der Waals surface area contributed by atoms with E-state index in [2.05, 4.69) is 15.7 Å². The van der Waals surface area contributed by atoms with Crippen molar-refractivity contribution in [1.29, 1.82) is 0 Å². The lowest BCUT2D eigenvalue weighted by atomic mass is 10.2. The Morgan fingerprint density at radius 1 is 1.27 bits per heavy atom. The Morgan fingerprint density at radius 3 is 2.64 bits per heavy atom. The molecular formula is C15H18N4O3. The third kappa shape index (κ3) is 3.85. The summed E-state index contributed by atoms with van der Waals surface area (Å²) in [5, 5.41) is 8.93. The topological polar surface area (TPSA) is 85.2 Å². The zero-order chi connectivity index (χ0) is 16.1. The van der Waals surface area contributed by atoms with E-state index < -0.39 is 11.8 Å². The van der Waals surface area contributed by atoms with Crippen LogP contribution in [0.15, 0.2) is 30.6 Å². The van der Waals surface area contributed by atoms with Gasteiger partial charge in [-0.15, -0.1) is 0 Å². The van der Waals surface area contributed by atoms with Gasteiger partial charge in [-0.3, -0.25) is 14.3 Å². The number of rotatable bonds is 4. The summed E-state index contributed by atoms with van der Waals surface area (Å²) in [6.45, 7) is 4.24. The highest BCUT2D eigenvalue weighted by molar-refractivity contribution is 6.43. The Morgan fingerprint density at radius 2 is 2.00 bits per heavy atom. The number of nitrogens with zero attached hydrogens (tertiary/aromatic N) is 2. The molecule has 1 heterocycles. The Bertz CT molecular complexity index is 694. The number of anilines is 2. The predicted molar refractivity (Wildman–Crippen MR) is 82.8 cm³/mol. The monoisotopic (exact) mass is 302 g/mol. The van der Waals surface area contributed by atoms with Crippen LogP contribution in [0.1, 0.15) is 12.5 Å². The highest BCUT2D eigenvalue weighted by Crippen LogP contribution is 2.25. The van der Waals surface area contributed by atoms with Crippen molar-refractivity contribution in [3.63, 3.8) is 0 Å². The fourth-order valence-electron chi connectivity index (χ4n) is 1.86. The molecule has 0 radical (unpaired) electrons. The first-order valence-corrected chi connectivity index (χ1v) is 6.84. The normalized spacial score (nSPS) is 10.1. The molecule has 22 heavy (non-hydrogen) atoms. The number of aromatic nitrogens is 2. The molecular weight excluding hydrogens is 284 g/mol. The van der Waals surface area contributed by atoms with Crippen LogP contribution in [0.25, 0.3) is 0 Å². The summed E-state index contributed by atoms with van der Waals surface area (Å²) in [7, 11) is 1.72. The summed E-state index contributed by atoms with van der Waals surface area (Å²) in [6, 6.07) is 5.34. The molecule has 1 aromatic carbocycles. The number of ether oxygens (including phenoxy) is 1. The summed E-state index contributed by atoms with van der Waals surface area (Å²) in [5.41, 5.74) is 1.91. The van der Waals surface area contributed by atoms with E-state index in [1.54, 1.807) is 25.4 Å². The van der Waals surface area contributed by atoms with Gasteiger partial charge in [0.15, 0.2) is 0 Å². The van der Waals surface area contributed by atoms with Crippen LogP contribution in [0.5, 0.6) is 5.75 Å². The fraction of sp³-hybridized carbons (Fsp3) is 0.267. The molecule has 2 N–H and O–H groups in total. The zero-order valence-corrected chi connectivity index (χ0v) is 12.7. The first-order valence-electron chi connectivity index (χ1n) is 6.84. The second-order valence-corrected chi connectivity index (χ2v) is 4.74. The van der Waals surface area contributed by atoms with Gasteiger partial charge in [0.1, 0.15) is 5.75 Å². The van der Waals surface area contributed by atoms with Crippen LogP contribution in [0, 0.1) is 6.92 Å². The molecule has 0 saturated carbocycles. The Labute approximate surface area is 128 Å². The summed E-state index contributed by atoms with van der Waals surface area (Å²) in [6.07, 6.45) is 3.06. The summed E-state index contributed by atoms with van der Waals surface area (Å²) in [4.78, 5) is 23.8. The van der Waals surface area contributed by atoms with E-state index in [-0.39, 0.29) is 0 Å². The number of nitrogens with one attached hydrogen (secondary N) is 2. The van der Waals surface area contributed by atoms with Gasteiger partial charge in [0.2, 0.25) is 0 Å². The minimum Gasteiger partial charge on any atom is -0.492 e. The van der Waals surface area contributed by atoms with E-state index in [4.69, 9.17) is 4.74 Å². The first kappa shape index (κ1) is 15.6. The van der Waals surface area contributed by atoms with Crippen molar-refractivity contribution < 1.29 is 14.3 Å². The maximum absolute atomic E-state index is 12.0. The van der Waals surface area contributed by atoms with Crippen LogP contribution in [0.2, 0.25) is 0 Å². The van der Waals surface area contributed by atoms with Crippen LogP contribution in [0.4, 0.5) is 11.4 Å². The van der Waals surface area contributed by atoms with Crippen LogP contribution in [-0.4, -0.2) is 28.2 Å². The second-order valence-electron chi connectivity index (χ2n) is 4.74. The molecule has 0 spiro atoms. The lowest BCUT2D eigenvalue weighted by Crippen LogP contribution is -2.29. The molecule has 7 heteroatoms. The van der Waals surface area contributed by atoms with Crippen molar-refractivity contribution in [2.24, 2.45) is 7.05 Å². The summed E-state index contributed by atoms with van der Waals surface area (Å²) >= 11 is 0. The molecule has 2 amide bonds. The molecule has 0 unspecified atom stereocenters. The Kier molecular flexibility index (Phi) is 4.77. The number of aryl methyl sites for hydroxylation is 2. The zero-order valence-electron chi connectivity index (χ0n) is 12.7. The third-order valence-electron chi connectivity index (χ3n) is 2.85. The van der Waals surface area contributed by atoms with Crippen LogP contribution >= 0.6 is 0 Å². The number of carbonyl (C=O) groups excluding carboxylic acids is 2. The minimum absolute atomic E-state index is 0.455. The number of carbonyl (C=O) groups is 2. The highest BCUT2D eigenvalue weighted by atomic mass is 16.5. The SMILES string of the molecule is CCOc1cc(C)ccc1NC(=O)C(=O)Nc1cnn(C)c1. The molecule has 0 fully saturated rings. The van der Waals surface area contributed by atoms with Gasteiger partial charge in [0, 0.05) is 13.2 Å². The lowest BCUT2D eigenvalue weighted by Gasteiger charge is -2.12. The van der Waals surface area contributed by atoms with Crippen molar-refractivity contribution in [3.8, 4) is 5.75 Å². The van der Waals surface area contributed by atoms with Crippen LogP contribution < -0.4 is 15.4 Å². The van der Waals surface area contributed by atoms with E-state index in [9.17, 15) is 9.59 Å². The van der Waals surface area contributed by atoms with E-state index >= 15 is 0 Å². The van der Waals surface area contributed by atoms with Gasteiger partial charge in [-0.2, -0.15) is 5.10 Å². The van der Waals surface area contributed by atoms with Crippen molar-refractivity contribution >= 4 is 23.2 Å². The Hall–Kier alpha value is -2.83. The van der Waals surface area contributed by atoms with E-state index in [0.29, 0.717) is 23.7 Å². The largest absolute Gasteiger partial charge is 0.492 e. The molecule has 0 saturated heterocycles. The van der Waals surface area contributed by atoms with Crippen molar-refractivity contribution in [2.45, 2.75) is 13.8 Å². The van der Waals surface area contributed by atoms with E-state index in [1.165, 1.54) is 10.9 Å². The molecule has 0 bridgehead atoms. The van der Waals surface area contributed by atoms with Gasteiger partial charge in [0.05, 0.1) is 24.2 Å². The van der Waals surface area contributed by atoms with Crippen molar-refractivity contribution in [3.05, 3.63) is 36.2 Å². The third-order valence-corrected chi connectivity index (χ3v) is 2.85. The number of benzene rings is 1. The van der Waals surface area contributed by atoms with E-state index in [0.717, 1.165) is 5.56 Å². The van der Waals surface area contributed by atoms with Gasteiger partial charge < -0.3 is 15.4 Å². The second kappa shape index (κ2) is 6.75. The predicted octanol–water partition coefficient (Wildman–Crippen LogP) is 1.70. The van der Waals surface area contributed by atoms with Gasteiger partial charge in [-0.05, 0) is 31.5 Å². The molecule has 7 nitrogen and oxygen atoms in total. The summed E-state index contributed by atoms with van der Waals surface area (Å²) < 4.78 is 6.99. The fourth-order valence-corrected chi connectivity index (χ4v) is 1.86. The maximum Gasteiger partial charge on any atom is 0.314 e.